The summed E-state index contributed by atoms with van der Waals surface area (Å²) in [4.78, 5) is 57.1. The van der Waals surface area contributed by atoms with Crippen molar-refractivity contribution in [2.75, 3.05) is 16.8 Å². The van der Waals surface area contributed by atoms with Gasteiger partial charge in [0.2, 0.25) is 11.8 Å². The Kier molecular flexibility index (Phi) is 4.70. The Hall–Kier alpha value is -4.14. The van der Waals surface area contributed by atoms with Crippen molar-refractivity contribution >= 4 is 46.0 Å². The first kappa shape index (κ1) is 20.7. The predicted octanol–water partition coefficient (Wildman–Crippen LogP) is 2.39. The number of hydrogen-bond acceptors (Lipinski definition) is 4. The van der Waals surface area contributed by atoms with Crippen LogP contribution in [0, 0.1) is 0 Å². The quantitative estimate of drug-likeness (QED) is 0.535. The zero-order chi connectivity index (χ0) is 23.3. The molecule has 1 atom stereocenters. The molecule has 9 heteroatoms. The highest BCUT2D eigenvalue weighted by Crippen LogP contribution is 2.36. The number of urea groups is 1. The summed E-state index contributed by atoms with van der Waals surface area (Å²) < 4.78 is 0. The Morgan fingerprint density at radius 2 is 1.76 bits per heavy atom. The third kappa shape index (κ3) is 3.32. The number of hydrogen-bond donors (Lipinski definition) is 3. The van der Waals surface area contributed by atoms with Crippen LogP contribution in [-0.4, -0.2) is 51.8 Å². The van der Waals surface area contributed by atoms with Gasteiger partial charge in [0, 0.05) is 23.5 Å². The van der Waals surface area contributed by atoms with Gasteiger partial charge in [-0.2, -0.15) is 0 Å². The molecule has 0 saturated carbocycles. The molecule has 2 aliphatic heterocycles. The lowest BCUT2D eigenvalue weighted by atomic mass is 9.96. The summed E-state index contributed by atoms with van der Waals surface area (Å²) in [6.07, 6.45) is 2.13. The second-order valence-electron chi connectivity index (χ2n) is 8.75. The van der Waals surface area contributed by atoms with Gasteiger partial charge < -0.3 is 15.6 Å². The van der Waals surface area contributed by atoms with Crippen molar-refractivity contribution < 1.29 is 19.2 Å². The minimum absolute atomic E-state index is 0.305. The third-order valence-corrected chi connectivity index (χ3v) is 6.26. The fourth-order valence-electron chi connectivity index (χ4n) is 4.49. The van der Waals surface area contributed by atoms with Gasteiger partial charge in [0.1, 0.15) is 18.1 Å². The fourth-order valence-corrected chi connectivity index (χ4v) is 4.49. The number of carbonyl (C=O) groups excluding carboxylic acids is 4. The number of benzene rings is 2. The van der Waals surface area contributed by atoms with Crippen molar-refractivity contribution in [1.82, 2.24) is 15.2 Å². The molecule has 1 saturated heterocycles. The van der Waals surface area contributed by atoms with E-state index in [9.17, 15) is 19.2 Å². The van der Waals surface area contributed by atoms with Crippen LogP contribution in [0.2, 0.25) is 0 Å². The van der Waals surface area contributed by atoms with Crippen LogP contribution in [-0.2, 0) is 20.8 Å². The molecule has 0 spiro atoms. The SMILES string of the molecule is CC1(C)C(=O)Nc2ccccc2N1C(=O)CN1C(=O)N[C@@H](Cc2c[nH]c3ccccc23)C1=O. The average Bonchev–Trinajstić information content (AvgIpc) is 3.30. The largest absolute Gasteiger partial charge is 0.361 e. The smallest absolute Gasteiger partial charge is 0.325 e. The zero-order valence-corrected chi connectivity index (χ0v) is 18.2. The second kappa shape index (κ2) is 7.47. The molecule has 3 heterocycles. The van der Waals surface area contributed by atoms with Crippen molar-refractivity contribution in [1.29, 1.82) is 0 Å². The number of imide groups is 1. The molecule has 1 fully saturated rings. The van der Waals surface area contributed by atoms with Gasteiger partial charge in [0.25, 0.3) is 5.91 Å². The summed E-state index contributed by atoms with van der Waals surface area (Å²) in [5.41, 5.74) is 1.69. The zero-order valence-electron chi connectivity index (χ0n) is 18.2. The summed E-state index contributed by atoms with van der Waals surface area (Å²) in [6, 6.07) is 13.3. The van der Waals surface area contributed by atoms with E-state index in [1.807, 2.05) is 30.5 Å². The van der Waals surface area contributed by atoms with E-state index in [4.69, 9.17) is 0 Å². The van der Waals surface area contributed by atoms with Gasteiger partial charge in [-0.3, -0.25) is 24.2 Å². The Bertz CT molecular complexity index is 1310. The summed E-state index contributed by atoms with van der Waals surface area (Å²) in [5, 5.41) is 6.46. The molecule has 3 N–H and O–H groups in total. The number of fused-ring (bicyclic) bond motifs is 2. The highest BCUT2D eigenvalue weighted by Gasteiger charge is 2.46. The van der Waals surface area contributed by atoms with Crippen molar-refractivity contribution in [3.05, 3.63) is 60.3 Å². The van der Waals surface area contributed by atoms with Crippen molar-refractivity contribution in [2.24, 2.45) is 0 Å². The molecule has 5 amide bonds. The van der Waals surface area contributed by atoms with Crippen LogP contribution in [0.5, 0.6) is 0 Å². The van der Waals surface area contributed by atoms with Crippen LogP contribution >= 0.6 is 0 Å². The Morgan fingerprint density at radius 3 is 2.58 bits per heavy atom. The van der Waals surface area contributed by atoms with Gasteiger partial charge in [-0.25, -0.2) is 4.79 Å². The Balaban J connectivity index is 1.37. The number of amides is 5. The Labute approximate surface area is 189 Å². The van der Waals surface area contributed by atoms with E-state index in [0.717, 1.165) is 21.4 Å². The number of para-hydroxylation sites is 3. The highest BCUT2D eigenvalue weighted by atomic mass is 16.2. The van der Waals surface area contributed by atoms with Gasteiger partial charge in [-0.05, 0) is 37.6 Å². The first-order valence-corrected chi connectivity index (χ1v) is 10.7. The van der Waals surface area contributed by atoms with E-state index in [2.05, 4.69) is 15.6 Å². The van der Waals surface area contributed by atoms with Crippen molar-refractivity contribution in [2.45, 2.75) is 31.8 Å². The molecule has 0 bridgehead atoms. The Morgan fingerprint density at radius 1 is 1.03 bits per heavy atom. The second-order valence-corrected chi connectivity index (χ2v) is 8.75. The summed E-state index contributed by atoms with van der Waals surface area (Å²) in [5.74, 6) is -1.33. The molecule has 168 valence electrons. The first-order valence-electron chi connectivity index (χ1n) is 10.7. The van der Waals surface area contributed by atoms with Crippen LogP contribution in [0.4, 0.5) is 16.2 Å². The summed E-state index contributed by atoms with van der Waals surface area (Å²) in [7, 11) is 0. The number of rotatable bonds is 4. The first-order chi connectivity index (χ1) is 15.8. The maximum Gasteiger partial charge on any atom is 0.325 e. The number of anilines is 2. The van der Waals surface area contributed by atoms with Gasteiger partial charge in [-0.15, -0.1) is 0 Å². The molecule has 0 radical (unpaired) electrons. The number of nitrogens with zero attached hydrogens (tertiary/aromatic N) is 2. The number of H-pyrrole nitrogens is 1. The molecule has 3 aromatic rings. The maximum atomic E-state index is 13.3. The molecule has 33 heavy (non-hydrogen) atoms. The molecule has 5 rings (SSSR count). The normalized spacial score (nSPS) is 19.5. The molecule has 2 aromatic carbocycles. The monoisotopic (exact) mass is 445 g/mol. The topological polar surface area (TPSA) is 115 Å². The third-order valence-electron chi connectivity index (χ3n) is 6.26. The van der Waals surface area contributed by atoms with Gasteiger partial charge >= 0.3 is 6.03 Å². The van der Waals surface area contributed by atoms with E-state index >= 15 is 0 Å². The maximum absolute atomic E-state index is 13.3. The number of carbonyl (C=O) groups is 4. The number of aromatic nitrogens is 1. The molecule has 9 nitrogen and oxygen atoms in total. The van der Waals surface area contributed by atoms with Crippen LogP contribution < -0.4 is 15.5 Å². The van der Waals surface area contributed by atoms with E-state index < -0.39 is 36.0 Å². The van der Waals surface area contributed by atoms with E-state index in [-0.39, 0.29) is 5.91 Å². The van der Waals surface area contributed by atoms with Crippen molar-refractivity contribution in [3.63, 3.8) is 0 Å². The molecule has 0 unspecified atom stereocenters. The average molecular weight is 445 g/mol. The molecular weight excluding hydrogens is 422 g/mol. The van der Waals surface area contributed by atoms with Gasteiger partial charge in [0.05, 0.1) is 11.4 Å². The highest BCUT2D eigenvalue weighted by molar-refractivity contribution is 6.16. The lowest BCUT2D eigenvalue weighted by Gasteiger charge is -2.42. The summed E-state index contributed by atoms with van der Waals surface area (Å²) >= 11 is 0. The predicted molar refractivity (Wildman–Crippen MR) is 123 cm³/mol. The van der Waals surface area contributed by atoms with Crippen LogP contribution in [0.1, 0.15) is 19.4 Å². The minimum atomic E-state index is -1.19. The number of aromatic amines is 1. The van der Waals surface area contributed by atoms with Crippen LogP contribution in [0.25, 0.3) is 10.9 Å². The molecule has 1 aromatic heterocycles. The van der Waals surface area contributed by atoms with Gasteiger partial charge in [0.15, 0.2) is 0 Å². The van der Waals surface area contributed by atoms with Crippen LogP contribution in [0.3, 0.4) is 0 Å². The lowest BCUT2D eigenvalue weighted by molar-refractivity contribution is -0.132. The minimum Gasteiger partial charge on any atom is -0.361 e. The van der Waals surface area contributed by atoms with E-state index in [0.29, 0.717) is 17.8 Å². The van der Waals surface area contributed by atoms with Gasteiger partial charge in [-0.1, -0.05) is 30.3 Å². The molecular formula is C24H23N5O4. The molecule has 0 aliphatic carbocycles. The van der Waals surface area contributed by atoms with E-state index in [1.54, 1.807) is 38.1 Å². The standard InChI is InChI=1S/C24H23N5O4/c1-24(2)22(32)26-17-9-5-6-10-19(17)29(24)20(30)13-28-21(31)18(27-23(28)33)11-14-12-25-16-8-4-3-7-15(14)16/h3-10,12,18,25H,11,13H2,1-2H3,(H,26,32)(H,27,33)/t18-/m0/s1. The lowest BCUT2D eigenvalue weighted by Crippen LogP contribution is -2.60. The van der Waals surface area contributed by atoms with Crippen molar-refractivity contribution in [3.8, 4) is 0 Å². The number of nitrogens with one attached hydrogen (secondary N) is 3. The van der Waals surface area contributed by atoms with E-state index in [1.165, 1.54) is 4.90 Å². The molecule has 2 aliphatic rings. The van der Waals surface area contributed by atoms with Crippen LogP contribution in [0.15, 0.2) is 54.7 Å². The summed E-state index contributed by atoms with van der Waals surface area (Å²) in [6.45, 7) is 2.80. The fraction of sp³-hybridized carbons (Fsp3) is 0.250.